The van der Waals surface area contributed by atoms with Crippen LogP contribution in [-0.2, 0) is 0 Å². The summed E-state index contributed by atoms with van der Waals surface area (Å²) >= 11 is 0. The van der Waals surface area contributed by atoms with Gasteiger partial charge >= 0.3 is 0 Å². The Morgan fingerprint density at radius 3 is 2.44 bits per heavy atom. The van der Waals surface area contributed by atoms with Crippen molar-refractivity contribution < 1.29 is 0 Å². The minimum absolute atomic E-state index is 0.656. The fraction of sp³-hybridized carbons (Fsp3) is 0.769. The second kappa shape index (κ2) is 5.37. The molecule has 1 fully saturated rings. The van der Waals surface area contributed by atoms with E-state index in [2.05, 4.69) is 28.0 Å². The molecule has 1 N–H and O–H groups in total. The first-order valence-electron chi connectivity index (χ1n) is 6.54. The van der Waals surface area contributed by atoms with Gasteiger partial charge in [-0.05, 0) is 19.8 Å². The Labute approximate surface area is 98.3 Å². The Bertz CT molecular complexity index is 322. The lowest BCUT2D eigenvalue weighted by atomic mass is 9.96. The summed E-state index contributed by atoms with van der Waals surface area (Å²) in [6, 6.07) is 0.656. The molecule has 0 saturated heterocycles. The van der Waals surface area contributed by atoms with Crippen LogP contribution in [-0.4, -0.2) is 16.6 Å². The molecule has 1 aromatic rings. The molecular formula is C13H23N3. The van der Waals surface area contributed by atoms with Crippen molar-refractivity contribution in [1.82, 2.24) is 9.55 Å². The van der Waals surface area contributed by atoms with E-state index in [1.165, 1.54) is 44.9 Å². The molecule has 1 aromatic heterocycles. The van der Waals surface area contributed by atoms with E-state index >= 15 is 0 Å². The number of hydrogen-bond donors (Lipinski definition) is 1. The summed E-state index contributed by atoms with van der Waals surface area (Å²) < 4.78 is 2.35. The van der Waals surface area contributed by atoms with Crippen LogP contribution < -0.4 is 5.32 Å². The average molecular weight is 221 g/mol. The highest BCUT2D eigenvalue weighted by Crippen LogP contribution is 2.29. The van der Waals surface area contributed by atoms with Gasteiger partial charge in [-0.1, -0.05) is 32.1 Å². The van der Waals surface area contributed by atoms with Crippen LogP contribution >= 0.6 is 0 Å². The average Bonchev–Trinajstić information content (AvgIpc) is 2.59. The minimum Gasteiger partial charge on any atom is -0.359 e. The Kier molecular flexibility index (Phi) is 3.86. The van der Waals surface area contributed by atoms with Crippen LogP contribution in [0.3, 0.4) is 0 Å². The highest BCUT2D eigenvalue weighted by atomic mass is 15.2. The van der Waals surface area contributed by atoms with Gasteiger partial charge in [-0.15, -0.1) is 0 Å². The van der Waals surface area contributed by atoms with E-state index in [9.17, 15) is 0 Å². The second-order valence-electron chi connectivity index (χ2n) is 4.86. The summed E-state index contributed by atoms with van der Waals surface area (Å²) in [4.78, 5) is 4.51. The van der Waals surface area contributed by atoms with Gasteiger partial charge in [-0.3, -0.25) is 0 Å². The van der Waals surface area contributed by atoms with Crippen molar-refractivity contribution in [1.29, 1.82) is 0 Å². The second-order valence-corrected chi connectivity index (χ2v) is 4.86. The van der Waals surface area contributed by atoms with Crippen molar-refractivity contribution >= 4 is 5.95 Å². The standard InChI is InChI=1S/C13H23N3/c1-11-10-16(13(14-2)15-11)12-8-6-4-3-5-7-9-12/h10,12H,3-9H2,1-2H3,(H,14,15). The van der Waals surface area contributed by atoms with E-state index in [-0.39, 0.29) is 0 Å². The molecule has 1 saturated carbocycles. The predicted octanol–water partition coefficient (Wildman–Crippen LogP) is 3.52. The third-order valence-electron chi connectivity index (χ3n) is 3.54. The molecule has 0 bridgehead atoms. The Balaban J connectivity index is 2.13. The molecule has 1 heterocycles. The normalized spacial score (nSPS) is 19.1. The van der Waals surface area contributed by atoms with Crippen molar-refractivity contribution in [2.24, 2.45) is 0 Å². The Morgan fingerprint density at radius 1 is 1.19 bits per heavy atom. The Morgan fingerprint density at radius 2 is 1.81 bits per heavy atom. The van der Waals surface area contributed by atoms with Gasteiger partial charge in [0.1, 0.15) is 0 Å². The van der Waals surface area contributed by atoms with Crippen molar-refractivity contribution in [3.8, 4) is 0 Å². The number of anilines is 1. The zero-order chi connectivity index (χ0) is 11.4. The first kappa shape index (κ1) is 11.5. The molecule has 0 aromatic carbocycles. The smallest absolute Gasteiger partial charge is 0.203 e. The van der Waals surface area contributed by atoms with Crippen LogP contribution in [0, 0.1) is 6.92 Å². The van der Waals surface area contributed by atoms with Crippen molar-refractivity contribution in [2.45, 2.75) is 57.9 Å². The van der Waals surface area contributed by atoms with Gasteiger partial charge in [0.2, 0.25) is 5.95 Å². The van der Waals surface area contributed by atoms with Crippen LogP contribution in [0.25, 0.3) is 0 Å². The lowest BCUT2D eigenvalue weighted by Crippen LogP contribution is -2.12. The molecule has 1 aliphatic carbocycles. The summed E-state index contributed by atoms with van der Waals surface area (Å²) in [5.74, 6) is 1.03. The predicted molar refractivity (Wildman–Crippen MR) is 67.9 cm³/mol. The topological polar surface area (TPSA) is 29.9 Å². The summed E-state index contributed by atoms with van der Waals surface area (Å²) in [5, 5.41) is 3.20. The van der Waals surface area contributed by atoms with E-state index in [0.717, 1.165) is 11.6 Å². The molecule has 0 aliphatic heterocycles. The molecule has 0 unspecified atom stereocenters. The molecule has 0 atom stereocenters. The van der Waals surface area contributed by atoms with Gasteiger partial charge in [0.25, 0.3) is 0 Å². The zero-order valence-electron chi connectivity index (χ0n) is 10.5. The summed E-state index contributed by atoms with van der Waals surface area (Å²) in [7, 11) is 1.96. The first-order chi connectivity index (χ1) is 7.81. The van der Waals surface area contributed by atoms with Gasteiger partial charge in [-0.2, -0.15) is 0 Å². The Hall–Kier alpha value is -0.990. The molecule has 3 heteroatoms. The molecule has 90 valence electrons. The molecule has 1 aliphatic rings. The number of nitrogens with zero attached hydrogens (tertiary/aromatic N) is 2. The lowest BCUT2D eigenvalue weighted by molar-refractivity contribution is 0.374. The number of rotatable bonds is 2. The molecular weight excluding hydrogens is 198 g/mol. The van der Waals surface area contributed by atoms with Gasteiger partial charge < -0.3 is 9.88 Å². The SMILES string of the molecule is CNc1nc(C)cn1C1CCCCCCC1. The van der Waals surface area contributed by atoms with Crippen molar-refractivity contribution in [2.75, 3.05) is 12.4 Å². The van der Waals surface area contributed by atoms with Gasteiger partial charge in [0.15, 0.2) is 0 Å². The summed E-state index contributed by atoms with van der Waals surface area (Å²) in [6.45, 7) is 2.07. The minimum atomic E-state index is 0.656. The van der Waals surface area contributed by atoms with Crippen LogP contribution in [0.1, 0.15) is 56.7 Å². The zero-order valence-corrected chi connectivity index (χ0v) is 10.5. The highest BCUT2D eigenvalue weighted by molar-refractivity contribution is 5.28. The quantitative estimate of drug-likeness (QED) is 0.828. The molecule has 2 rings (SSSR count). The maximum absolute atomic E-state index is 4.51. The summed E-state index contributed by atoms with van der Waals surface area (Å²) in [6.07, 6.45) is 11.8. The third-order valence-corrected chi connectivity index (χ3v) is 3.54. The van der Waals surface area contributed by atoms with E-state index in [1.807, 2.05) is 7.05 Å². The van der Waals surface area contributed by atoms with Crippen LogP contribution in [0.15, 0.2) is 6.20 Å². The molecule has 16 heavy (non-hydrogen) atoms. The summed E-state index contributed by atoms with van der Waals surface area (Å²) in [5.41, 5.74) is 1.12. The third kappa shape index (κ3) is 2.57. The van der Waals surface area contributed by atoms with Crippen LogP contribution in [0.4, 0.5) is 5.95 Å². The number of hydrogen-bond acceptors (Lipinski definition) is 2. The van der Waals surface area contributed by atoms with Gasteiger partial charge in [0.05, 0.1) is 5.69 Å². The fourth-order valence-electron chi connectivity index (χ4n) is 2.69. The van der Waals surface area contributed by atoms with Gasteiger partial charge in [-0.25, -0.2) is 4.98 Å². The van der Waals surface area contributed by atoms with Gasteiger partial charge in [0, 0.05) is 19.3 Å². The monoisotopic (exact) mass is 221 g/mol. The number of imidazole rings is 1. The van der Waals surface area contributed by atoms with E-state index in [1.54, 1.807) is 0 Å². The van der Waals surface area contributed by atoms with Crippen LogP contribution in [0.2, 0.25) is 0 Å². The van der Waals surface area contributed by atoms with Crippen LogP contribution in [0.5, 0.6) is 0 Å². The largest absolute Gasteiger partial charge is 0.359 e. The highest BCUT2D eigenvalue weighted by Gasteiger charge is 2.16. The first-order valence-corrected chi connectivity index (χ1v) is 6.54. The molecule has 0 spiro atoms. The van der Waals surface area contributed by atoms with E-state index < -0.39 is 0 Å². The fourth-order valence-corrected chi connectivity index (χ4v) is 2.69. The molecule has 0 radical (unpaired) electrons. The number of nitrogens with one attached hydrogen (secondary N) is 1. The van der Waals surface area contributed by atoms with E-state index in [0.29, 0.717) is 6.04 Å². The number of aryl methyl sites for hydroxylation is 1. The maximum Gasteiger partial charge on any atom is 0.203 e. The van der Waals surface area contributed by atoms with Crippen molar-refractivity contribution in [3.63, 3.8) is 0 Å². The molecule has 3 nitrogen and oxygen atoms in total. The van der Waals surface area contributed by atoms with E-state index in [4.69, 9.17) is 0 Å². The maximum atomic E-state index is 4.51. The lowest BCUT2D eigenvalue weighted by Gasteiger charge is -2.22. The number of aromatic nitrogens is 2. The van der Waals surface area contributed by atoms with Crippen molar-refractivity contribution in [3.05, 3.63) is 11.9 Å². The molecule has 0 amide bonds.